The van der Waals surface area contributed by atoms with Crippen LogP contribution in [0.1, 0.15) is 104 Å². The maximum atomic E-state index is 11.5. The van der Waals surface area contributed by atoms with Gasteiger partial charge in [-0.1, -0.05) is 97.7 Å². The van der Waals surface area contributed by atoms with E-state index in [-0.39, 0.29) is 16.6 Å². The van der Waals surface area contributed by atoms with E-state index in [1.54, 1.807) is 4.80 Å². The number of unbranched alkanes of at least 4 members (excludes halogenated alkanes) is 4. The highest BCUT2D eigenvalue weighted by Crippen LogP contribution is 2.42. The van der Waals surface area contributed by atoms with E-state index in [0.29, 0.717) is 10.7 Å². The second-order valence-corrected chi connectivity index (χ2v) is 11.1. The lowest BCUT2D eigenvalue weighted by Crippen LogP contribution is -2.23. The van der Waals surface area contributed by atoms with Gasteiger partial charge in [-0.25, -0.2) is 0 Å². The smallest absolute Gasteiger partial charge is 0.146 e. The van der Waals surface area contributed by atoms with Gasteiger partial charge in [-0.3, -0.25) is 0 Å². The maximum absolute atomic E-state index is 11.5. The minimum Gasteiger partial charge on any atom is -0.505 e. The standard InChI is InChI=1S/C28H40ClN3O/c1-7-9-11-15-27(3,4)20-17-22(28(5,6)16-12-10-8-2)26(33)25(18-20)32-30-23-14-13-21(29)19-24(23)31-32/h13-14,17-19,33H,7-12,15-16H2,1-6H3. The maximum Gasteiger partial charge on any atom is 0.146 e. The predicted molar refractivity (Wildman–Crippen MR) is 140 cm³/mol. The van der Waals surface area contributed by atoms with Crippen molar-refractivity contribution in [2.24, 2.45) is 0 Å². The van der Waals surface area contributed by atoms with Crippen LogP contribution in [0.15, 0.2) is 30.3 Å². The van der Waals surface area contributed by atoms with Crippen LogP contribution in [-0.4, -0.2) is 20.1 Å². The molecule has 1 N–H and O–H groups in total. The fourth-order valence-corrected chi connectivity index (χ4v) is 4.75. The van der Waals surface area contributed by atoms with Crippen LogP contribution in [0, 0.1) is 0 Å². The van der Waals surface area contributed by atoms with Gasteiger partial charge in [0.2, 0.25) is 0 Å². The summed E-state index contributed by atoms with van der Waals surface area (Å²) in [5.41, 5.74) is 4.16. The summed E-state index contributed by atoms with van der Waals surface area (Å²) in [5, 5.41) is 21.5. The van der Waals surface area contributed by atoms with Gasteiger partial charge < -0.3 is 5.11 Å². The Bertz CT molecular complexity index is 1080. The molecular weight excluding hydrogens is 430 g/mol. The highest BCUT2D eigenvalue weighted by Gasteiger charge is 2.30. The molecule has 0 fully saturated rings. The van der Waals surface area contributed by atoms with Gasteiger partial charge in [-0.15, -0.1) is 15.0 Å². The summed E-state index contributed by atoms with van der Waals surface area (Å²) in [5.74, 6) is 0.274. The van der Waals surface area contributed by atoms with Crippen molar-refractivity contribution < 1.29 is 5.11 Å². The van der Waals surface area contributed by atoms with Crippen molar-refractivity contribution in [1.82, 2.24) is 15.0 Å². The first-order chi connectivity index (χ1) is 15.6. The molecule has 0 aliphatic carbocycles. The van der Waals surface area contributed by atoms with Gasteiger partial charge in [0.05, 0.1) is 0 Å². The van der Waals surface area contributed by atoms with Crippen LogP contribution in [0.2, 0.25) is 5.02 Å². The molecular formula is C28H40ClN3O. The first-order valence-corrected chi connectivity index (χ1v) is 12.9. The topological polar surface area (TPSA) is 50.9 Å². The Morgan fingerprint density at radius 1 is 0.818 bits per heavy atom. The summed E-state index contributed by atoms with van der Waals surface area (Å²) in [6.45, 7) is 13.6. The number of phenolic OH excluding ortho intramolecular Hbond substituents is 1. The van der Waals surface area contributed by atoms with Crippen molar-refractivity contribution >= 4 is 22.6 Å². The highest BCUT2D eigenvalue weighted by molar-refractivity contribution is 6.31. The molecule has 2 aromatic carbocycles. The zero-order valence-corrected chi connectivity index (χ0v) is 22.0. The van der Waals surface area contributed by atoms with Crippen LogP contribution in [0.5, 0.6) is 5.75 Å². The lowest BCUT2D eigenvalue weighted by molar-refractivity contribution is 0.399. The van der Waals surface area contributed by atoms with Crippen molar-refractivity contribution in [2.45, 2.75) is 104 Å². The number of phenols is 1. The summed E-state index contributed by atoms with van der Waals surface area (Å²) < 4.78 is 0. The Kier molecular flexibility index (Phi) is 8.10. The number of nitrogens with zero attached hydrogens (tertiary/aromatic N) is 3. The molecule has 3 rings (SSSR count). The largest absolute Gasteiger partial charge is 0.505 e. The second-order valence-electron chi connectivity index (χ2n) is 10.7. The van der Waals surface area contributed by atoms with Crippen molar-refractivity contribution in [3.8, 4) is 11.4 Å². The van der Waals surface area contributed by atoms with Gasteiger partial charge in [0.1, 0.15) is 22.5 Å². The summed E-state index contributed by atoms with van der Waals surface area (Å²) in [6, 6.07) is 9.81. The summed E-state index contributed by atoms with van der Waals surface area (Å²) in [7, 11) is 0. The molecule has 0 saturated carbocycles. The number of hydrogen-bond donors (Lipinski definition) is 1. The normalized spacial score (nSPS) is 12.6. The van der Waals surface area contributed by atoms with E-state index in [0.717, 1.165) is 35.9 Å². The molecule has 0 unspecified atom stereocenters. The van der Waals surface area contributed by atoms with Gasteiger partial charge in [0.25, 0.3) is 0 Å². The third-order valence-electron chi connectivity index (χ3n) is 6.97. The summed E-state index contributed by atoms with van der Waals surface area (Å²) in [4.78, 5) is 1.58. The van der Waals surface area contributed by atoms with Gasteiger partial charge in [-0.05, 0) is 53.5 Å². The van der Waals surface area contributed by atoms with Crippen molar-refractivity contribution in [3.63, 3.8) is 0 Å². The van der Waals surface area contributed by atoms with Crippen LogP contribution in [0.25, 0.3) is 16.7 Å². The Labute approximate surface area is 204 Å². The molecule has 5 heteroatoms. The lowest BCUT2D eigenvalue weighted by atomic mass is 9.74. The second kappa shape index (κ2) is 10.5. The zero-order chi connectivity index (χ0) is 24.2. The highest BCUT2D eigenvalue weighted by atomic mass is 35.5. The van der Waals surface area contributed by atoms with E-state index in [1.807, 2.05) is 18.2 Å². The SMILES string of the molecule is CCCCCC(C)(C)c1cc(-n2nc3ccc(Cl)cc3n2)c(O)c(C(C)(C)CCCCC)c1. The molecule has 0 spiro atoms. The predicted octanol–water partition coefficient (Wildman–Crippen LogP) is 8.50. The number of hydrogen-bond acceptors (Lipinski definition) is 3. The van der Waals surface area contributed by atoms with Gasteiger partial charge in [0.15, 0.2) is 0 Å². The van der Waals surface area contributed by atoms with Crippen LogP contribution in [-0.2, 0) is 10.8 Å². The molecule has 0 amide bonds. The molecule has 0 saturated heterocycles. The van der Waals surface area contributed by atoms with E-state index < -0.39 is 0 Å². The first-order valence-electron chi connectivity index (χ1n) is 12.5. The Morgan fingerprint density at radius 2 is 1.42 bits per heavy atom. The van der Waals surface area contributed by atoms with E-state index in [4.69, 9.17) is 11.6 Å². The first kappa shape index (κ1) is 25.6. The molecule has 4 nitrogen and oxygen atoms in total. The zero-order valence-electron chi connectivity index (χ0n) is 21.2. The average molecular weight is 470 g/mol. The van der Waals surface area contributed by atoms with E-state index >= 15 is 0 Å². The number of aromatic nitrogens is 3. The third kappa shape index (κ3) is 5.90. The molecule has 0 aliphatic rings. The molecule has 33 heavy (non-hydrogen) atoms. The molecule has 1 aromatic heterocycles. The quantitative estimate of drug-likeness (QED) is 0.286. The average Bonchev–Trinajstić information content (AvgIpc) is 3.16. The molecule has 1 heterocycles. The van der Waals surface area contributed by atoms with Crippen LogP contribution < -0.4 is 0 Å². The van der Waals surface area contributed by atoms with E-state index in [9.17, 15) is 5.11 Å². The van der Waals surface area contributed by atoms with Crippen molar-refractivity contribution in [1.29, 1.82) is 0 Å². The number of halogens is 1. The van der Waals surface area contributed by atoms with Crippen LogP contribution in [0.3, 0.4) is 0 Å². The molecule has 3 aromatic rings. The fourth-order valence-electron chi connectivity index (χ4n) is 4.59. The van der Waals surface area contributed by atoms with Crippen LogP contribution >= 0.6 is 11.6 Å². The Balaban J connectivity index is 2.14. The van der Waals surface area contributed by atoms with E-state index in [1.165, 1.54) is 37.7 Å². The number of rotatable bonds is 11. The van der Waals surface area contributed by atoms with Crippen molar-refractivity contribution in [2.75, 3.05) is 0 Å². The third-order valence-corrected chi connectivity index (χ3v) is 7.20. The Morgan fingerprint density at radius 3 is 2.06 bits per heavy atom. The number of fused-ring (bicyclic) bond motifs is 1. The molecule has 0 radical (unpaired) electrons. The Hall–Kier alpha value is -2.07. The van der Waals surface area contributed by atoms with Gasteiger partial charge >= 0.3 is 0 Å². The number of benzene rings is 2. The molecule has 180 valence electrons. The van der Waals surface area contributed by atoms with Gasteiger partial charge in [-0.2, -0.15) is 0 Å². The van der Waals surface area contributed by atoms with E-state index in [2.05, 4.69) is 63.9 Å². The summed E-state index contributed by atoms with van der Waals surface area (Å²) >= 11 is 6.17. The summed E-state index contributed by atoms with van der Waals surface area (Å²) in [6.07, 6.45) is 9.29. The van der Waals surface area contributed by atoms with Crippen LogP contribution in [0.4, 0.5) is 0 Å². The fraction of sp³-hybridized carbons (Fsp3) is 0.571. The van der Waals surface area contributed by atoms with Gasteiger partial charge in [0, 0.05) is 10.6 Å². The minimum absolute atomic E-state index is 0.0122. The monoisotopic (exact) mass is 469 g/mol. The lowest BCUT2D eigenvalue weighted by Gasteiger charge is -2.32. The molecule has 0 atom stereocenters. The number of aromatic hydroxyl groups is 1. The van der Waals surface area contributed by atoms with Crippen molar-refractivity contribution in [3.05, 3.63) is 46.5 Å². The molecule has 0 bridgehead atoms. The molecule has 0 aliphatic heterocycles. The minimum atomic E-state index is -0.153.